The lowest BCUT2D eigenvalue weighted by molar-refractivity contribution is -0.141. The molecular formula is C22H23Cl2NO5S. The van der Waals surface area contributed by atoms with Gasteiger partial charge in [-0.05, 0) is 44.4 Å². The molecule has 2 atom stereocenters. The van der Waals surface area contributed by atoms with Crippen molar-refractivity contribution < 1.29 is 24.2 Å². The minimum Gasteiger partial charge on any atom is -0.493 e. The first-order chi connectivity index (χ1) is 14.9. The SMILES string of the molecule is CCOc1ccccc1Sc1ccc(COC(=O)N[C@H]2CC[C@@H](C(=O)O)C2)c(Cl)c1Cl. The van der Waals surface area contributed by atoms with Gasteiger partial charge >= 0.3 is 12.1 Å². The molecule has 0 bridgehead atoms. The number of hydrogen-bond acceptors (Lipinski definition) is 5. The van der Waals surface area contributed by atoms with Crippen molar-refractivity contribution in [3.8, 4) is 5.75 Å². The second-order valence-corrected chi connectivity index (χ2v) is 8.94. The van der Waals surface area contributed by atoms with E-state index in [1.807, 2.05) is 37.3 Å². The van der Waals surface area contributed by atoms with Crippen LogP contribution in [0.2, 0.25) is 10.0 Å². The molecule has 31 heavy (non-hydrogen) atoms. The van der Waals surface area contributed by atoms with Crippen LogP contribution in [-0.2, 0) is 16.1 Å². The van der Waals surface area contributed by atoms with Crippen LogP contribution in [0, 0.1) is 5.92 Å². The number of amides is 1. The molecule has 1 amide bonds. The third kappa shape index (κ3) is 6.21. The zero-order valence-electron chi connectivity index (χ0n) is 16.9. The van der Waals surface area contributed by atoms with E-state index in [9.17, 15) is 9.59 Å². The van der Waals surface area contributed by atoms with E-state index >= 15 is 0 Å². The first-order valence-corrected chi connectivity index (χ1v) is 11.5. The Morgan fingerprint density at radius 2 is 1.90 bits per heavy atom. The number of nitrogens with one attached hydrogen (secondary N) is 1. The van der Waals surface area contributed by atoms with Crippen LogP contribution in [0.1, 0.15) is 31.7 Å². The molecule has 1 aliphatic rings. The maximum absolute atomic E-state index is 12.1. The van der Waals surface area contributed by atoms with Gasteiger partial charge in [-0.2, -0.15) is 0 Å². The number of ether oxygens (including phenoxy) is 2. The number of aliphatic carboxylic acids is 1. The molecule has 3 rings (SSSR count). The molecule has 6 nitrogen and oxygen atoms in total. The Labute approximate surface area is 195 Å². The fourth-order valence-electron chi connectivity index (χ4n) is 3.38. The van der Waals surface area contributed by atoms with Gasteiger partial charge < -0.3 is 19.9 Å². The fourth-order valence-corrected chi connectivity index (χ4v) is 4.89. The van der Waals surface area contributed by atoms with Gasteiger partial charge in [0.25, 0.3) is 0 Å². The van der Waals surface area contributed by atoms with Crippen molar-refractivity contribution in [1.82, 2.24) is 5.32 Å². The molecule has 0 aromatic heterocycles. The van der Waals surface area contributed by atoms with Gasteiger partial charge in [0.2, 0.25) is 0 Å². The predicted molar refractivity (Wildman–Crippen MR) is 120 cm³/mol. The normalized spacial score (nSPS) is 17.9. The molecule has 9 heteroatoms. The van der Waals surface area contributed by atoms with Crippen LogP contribution in [0.4, 0.5) is 4.79 Å². The van der Waals surface area contributed by atoms with E-state index < -0.39 is 18.0 Å². The monoisotopic (exact) mass is 483 g/mol. The number of carboxylic acid groups (broad SMARTS) is 1. The Kier molecular flexibility index (Phi) is 8.35. The minimum atomic E-state index is -0.832. The number of carboxylic acids is 1. The minimum absolute atomic E-state index is 0.0417. The molecular weight excluding hydrogens is 461 g/mol. The average molecular weight is 484 g/mol. The first-order valence-electron chi connectivity index (χ1n) is 9.91. The lowest BCUT2D eigenvalue weighted by atomic mass is 10.1. The highest BCUT2D eigenvalue weighted by molar-refractivity contribution is 7.99. The van der Waals surface area contributed by atoms with Crippen LogP contribution in [0.3, 0.4) is 0 Å². The van der Waals surface area contributed by atoms with Crippen LogP contribution in [0.5, 0.6) is 5.75 Å². The van der Waals surface area contributed by atoms with Gasteiger partial charge in [0.15, 0.2) is 0 Å². The summed E-state index contributed by atoms with van der Waals surface area (Å²) in [4.78, 5) is 24.8. The number of para-hydroxylation sites is 1. The van der Waals surface area contributed by atoms with Crippen LogP contribution in [0.15, 0.2) is 46.2 Å². The van der Waals surface area contributed by atoms with Crippen molar-refractivity contribution in [3.63, 3.8) is 0 Å². The van der Waals surface area contributed by atoms with Gasteiger partial charge in [0.1, 0.15) is 12.4 Å². The Morgan fingerprint density at radius 1 is 1.13 bits per heavy atom. The number of carbonyl (C=O) groups excluding carboxylic acids is 1. The molecule has 0 unspecified atom stereocenters. The molecule has 166 valence electrons. The predicted octanol–water partition coefficient (Wildman–Crippen LogP) is 6.02. The van der Waals surface area contributed by atoms with Crippen molar-refractivity contribution in [2.45, 2.75) is 48.6 Å². The molecule has 1 aliphatic carbocycles. The Balaban J connectivity index is 1.59. The smallest absolute Gasteiger partial charge is 0.407 e. The maximum Gasteiger partial charge on any atom is 0.407 e. The van der Waals surface area contributed by atoms with E-state index in [4.69, 9.17) is 37.8 Å². The summed E-state index contributed by atoms with van der Waals surface area (Å²) in [6, 6.07) is 11.1. The molecule has 2 N–H and O–H groups in total. The molecule has 0 saturated heterocycles. The van der Waals surface area contributed by atoms with Crippen LogP contribution in [-0.4, -0.2) is 29.8 Å². The van der Waals surface area contributed by atoms with Crippen LogP contribution in [0.25, 0.3) is 0 Å². The number of benzene rings is 2. The van der Waals surface area contributed by atoms with Gasteiger partial charge in [0, 0.05) is 16.5 Å². The zero-order chi connectivity index (χ0) is 22.4. The summed E-state index contributed by atoms with van der Waals surface area (Å²) in [6.07, 6.45) is 0.972. The van der Waals surface area contributed by atoms with Crippen LogP contribution >= 0.6 is 35.0 Å². The number of alkyl carbamates (subject to hydrolysis) is 1. The van der Waals surface area contributed by atoms with Crippen molar-refractivity contribution in [2.75, 3.05) is 6.61 Å². The lowest BCUT2D eigenvalue weighted by Gasteiger charge is -2.15. The van der Waals surface area contributed by atoms with Gasteiger partial charge in [-0.15, -0.1) is 0 Å². The average Bonchev–Trinajstić information content (AvgIpc) is 3.21. The van der Waals surface area contributed by atoms with Crippen molar-refractivity contribution in [2.24, 2.45) is 5.92 Å². The summed E-state index contributed by atoms with van der Waals surface area (Å²) in [5.41, 5.74) is 0.582. The van der Waals surface area contributed by atoms with Crippen molar-refractivity contribution in [3.05, 3.63) is 52.0 Å². The molecule has 0 radical (unpaired) electrons. The van der Waals surface area contributed by atoms with E-state index in [0.29, 0.717) is 41.5 Å². The molecule has 2 aromatic carbocycles. The van der Waals surface area contributed by atoms with Gasteiger partial charge in [-0.3, -0.25) is 4.79 Å². The second kappa shape index (κ2) is 11.0. The Hall–Kier alpha value is -2.09. The largest absolute Gasteiger partial charge is 0.493 e. The molecule has 0 spiro atoms. The van der Waals surface area contributed by atoms with E-state index in [0.717, 1.165) is 15.5 Å². The first kappa shape index (κ1) is 23.6. The summed E-state index contributed by atoms with van der Waals surface area (Å²) in [7, 11) is 0. The lowest BCUT2D eigenvalue weighted by Crippen LogP contribution is -2.33. The molecule has 2 aromatic rings. The van der Waals surface area contributed by atoms with Gasteiger partial charge in [-0.1, -0.05) is 53.2 Å². The van der Waals surface area contributed by atoms with Crippen LogP contribution < -0.4 is 10.1 Å². The van der Waals surface area contributed by atoms with E-state index in [1.54, 1.807) is 6.07 Å². The van der Waals surface area contributed by atoms with Crippen molar-refractivity contribution in [1.29, 1.82) is 0 Å². The standard InChI is InChI=1S/C22H23Cl2NO5S/c1-2-29-16-5-3-4-6-17(16)31-18-10-8-14(19(23)20(18)24)12-30-22(28)25-15-9-7-13(11-15)21(26)27/h3-6,8,10,13,15H,2,7,9,11-12H2,1H3,(H,25,28)(H,26,27)/t13-,15+/m1/s1. The highest BCUT2D eigenvalue weighted by Crippen LogP contribution is 2.42. The Bertz CT molecular complexity index is 955. The third-order valence-corrected chi connectivity index (χ3v) is 7.11. The van der Waals surface area contributed by atoms with E-state index in [-0.39, 0.29) is 12.6 Å². The molecule has 0 heterocycles. The number of hydrogen-bond donors (Lipinski definition) is 2. The zero-order valence-corrected chi connectivity index (χ0v) is 19.2. The second-order valence-electron chi connectivity index (χ2n) is 7.10. The highest BCUT2D eigenvalue weighted by atomic mass is 35.5. The van der Waals surface area contributed by atoms with Crippen molar-refractivity contribution >= 4 is 47.0 Å². The molecule has 1 fully saturated rings. The summed E-state index contributed by atoms with van der Waals surface area (Å²) in [6.45, 7) is 2.44. The number of halogens is 2. The molecule has 0 aliphatic heterocycles. The molecule has 1 saturated carbocycles. The summed E-state index contributed by atoms with van der Waals surface area (Å²) >= 11 is 14.3. The quantitative estimate of drug-likeness (QED) is 0.477. The summed E-state index contributed by atoms with van der Waals surface area (Å²) in [5, 5.41) is 12.5. The van der Waals surface area contributed by atoms with E-state index in [1.165, 1.54) is 11.8 Å². The maximum atomic E-state index is 12.1. The summed E-state index contributed by atoms with van der Waals surface area (Å²) < 4.78 is 10.9. The third-order valence-electron chi connectivity index (χ3n) is 4.96. The summed E-state index contributed by atoms with van der Waals surface area (Å²) in [5.74, 6) is -0.485. The number of rotatable bonds is 8. The fraction of sp³-hybridized carbons (Fsp3) is 0.364. The highest BCUT2D eigenvalue weighted by Gasteiger charge is 2.30. The topological polar surface area (TPSA) is 84.9 Å². The van der Waals surface area contributed by atoms with E-state index in [2.05, 4.69) is 5.32 Å². The number of carbonyl (C=O) groups is 2. The Morgan fingerprint density at radius 3 is 2.61 bits per heavy atom. The van der Waals surface area contributed by atoms with Gasteiger partial charge in [0.05, 0.1) is 27.5 Å². The van der Waals surface area contributed by atoms with Gasteiger partial charge in [-0.25, -0.2) is 4.79 Å².